The van der Waals surface area contributed by atoms with E-state index >= 15 is 0 Å². The molecule has 0 aliphatic heterocycles. The molecule has 0 saturated carbocycles. The average Bonchev–Trinajstić information content (AvgIpc) is 1.59. The standard InChI is InChI=1S/C7H18NOS.HI/c1-8(2,3)6-5-7-10(4)9;/h5-7H2,1-4H3;1H/q+1;/p-1. The van der Waals surface area contributed by atoms with Gasteiger partial charge in [-0.3, -0.25) is 4.21 Å². The third kappa shape index (κ3) is 13.8. The van der Waals surface area contributed by atoms with Crippen LogP contribution in [0.1, 0.15) is 6.42 Å². The zero-order valence-corrected chi connectivity index (χ0v) is 10.7. The third-order valence-electron chi connectivity index (χ3n) is 1.26. The summed E-state index contributed by atoms with van der Waals surface area (Å²) in [4.78, 5) is 0. The Labute approximate surface area is 89.4 Å². The lowest BCUT2D eigenvalue weighted by molar-refractivity contribution is -0.870. The van der Waals surface area contributed by atoms with Gasteiger partial charge in [0, 0.05) is 29.2 Å². The van der Waals surface area contributed by atoms with Crippen LogP contribution in [0.4, 0.5) is 0 Å². The highest BCUT2D eigenvalue weighted by Crippen LogP contribution is 1.93. The molecule has 0 N–H and O–H groups in total. The van der Waals surface area contributed by atoms with E-state index in [1.807, 2.05) is 0 Å². The molecule has 0 heterocycles. The second kappa shape index (κ2) is 6.37. The molecule has 0 aromatic carbocycles. The van der Waals surface area contributed by atoms with Crippen LogP contribution < -0.4 is 24.0 Å². The molecule has 0 aliphatic carbocycles. The van der Waals surface area contributed by atoms with Crippen LogP contribution in [0.15, 0.2) is 0 Å². The first-order chi connectivity index (χ1) is 4.42. The second-order valence-electron chi connectivity index (χ2n) is 3.64. The molecular formula is C7H18INOS. The van der Waals surface area contributed by atoms with E-state index in [4.69, 9.17) is 0 Å². The maximum Gasteiger partial charge on any atom is 0.0789 e. The van der Waals surface area contributed by atoms with Crippen molar-refractivity contribution >= 4 is 10.8 Å². The van der Waals surface area contributed by atoms with Crippen molar-refractivity contribution < 1.29 is 32.7 Å². The van der Waals surface area contributed by atoms with Crippen LogP contribution in [0.25, 0.3) is 0 Å². The molecule has 0 spiro atoms. The van der Waals surface area contributed by atoms with E-state index in [2.05, 4.69) is 21.1 Å². The first-order valence-electron chi connectivity index (χ1n) is 3.52. The minimum atomic E-state index is -0.610. The third-order valence-corrected chi connectivity index (χ3v) is 2.12. The predicted octanol–water partition coefficient (Wildman–Crippen LogP) is -2.53. The second-order valence-corrected chi connectivity index (χ2v) is 5.20. The van der Waals surface area contributed by atoms with Crippen molar-refractivity contribution in [1.82, 2.24) is 0 Å². The van der Waals surface area contributed by atoms with E-state index in [1.165, 1.54) is 0 Å². The predicted molar refractivity (Wildman–Crippen MR) is 46.4 cm³/mol. The smallest absolute Gasteiger partial charge is 0.0789 e. The van der Waals surface area contributed by atoms with Crippen molar-refractivity contribution in [3.8, 4) is 0 Å². The van der Waals surface area contributed by atoms with E-state index in [0.717, 1.165) is 23.2 Å². The summed E-state index contributed by atoms with van der Waals surface area (Å²) in [5, 5.41) is 0. The van der Waals surface area contributed by atoms with Crippen molar-refractivity contribution in [2.75, 3.05) is 39.7 Å². The Hall–Kier alpha value is 0.840. The van der Waals surface area contributed by atoms with Gasteiger partial charge in [0.1, 0.15) is 0 Å². The highest BCUT2D eigenvalue weighted by Gasteiger charge is 2.05. The van der Waals surface area contributed by atoms with Gasteiger partial charge in [0.25, 0.3) is 0 Å². The fraction of sp³-hybridized carbons (Fsp3) is 1.00. The molecule has 0 fully saturated rings. The van der Waals surface area contributed by atoms with Crippen LogP contribution in [-0.4, -0.2) is 48.4 Å². The normalized spacial score (nSPS) is 13.8. The topological polar surface area (TPSA) is 17.1 Å². The van der Waals surface area contributed by atoms with Crippen molar-refractivity contribution in [2.45, 2.75) is 6.42 Å². The van der Waals surface area contributed by atoms with Gasteiger partial charge in [-0.05, 0) is 0 Å². The molecule has 1 unspecified atom stereocenters. The Morgan fingerprint density at radius 3 is 2.00 bits per heavy atom. The average molecular weight is 291 g/mol. The molecule has 0 rings (SSSR count). The van der Waals surface area contributed by atoms with E-state index in [1.54, 1.807) is 6.26 Å². The van der Waals surface area contributed by atoms with E-state index in [-0.39, 0.29) is 24.0 Å². The molecule has 1 atom stereocenters. The summed E-state index contributed by atoms with van der Waals surface area (Å²) >= 11 is 0. The van der Waals surface area contributed by atoms with Crippen LogP contribution in [0.3, 0.4) is 0 Å². The van der Waals surface area contributed by atoms with Gasteiger partial charge in [-0.15, -0.1) is 0 Å². The van der Waals surface area contributed by atoms with Gasteiger partial charge in [-0.2, -0.15) is 0 Å². The Morgan fingerprint density at radius 1 is 1.27 bits per heavy atom. The van der Waals surface area contributed by atoms with Gasteiger partial charge in [0.2, 0.25) is 0 Å². The van der Waals surface area contributed by atoms with Crippen LogP contribution in [0, 0.1) is 0 Å². The number of nitrogens with zero attached hydrogens (tertiary/aromatic N) is 1. The molecule has 0 aromatic heterocycles. The monoisotopic (exact) mass is 291 g/mol. The number of hydrogen-bond acceptors (Lipinski definition) is 1. The van der Waals surface area contributed by atoms with Crippen molar-refractivity contribution in [3.05, 3.63) is 0 Å². The van der Waals surface area contributed by atoms with Gasteiger partial charge in [-0.25, -0.2) is 0 Å². The molecule has 70 valence electrons. The lowest BCUT2D eigenvalue weighted by Gasteiger charge is -2.23. The lowest BCUT2D eigenvalue weighted by atomic mass is 10.4. The summed E-state index contributed by atoms with van der Waals surface area (Å²) in [5.74, 6) is 0.843. The Balaban J connectivity index is 0. The summed E-state index contributed by atoms with van der Waals surface area (Å²) < 4.78 is 11.6. The minimum absolute atomic E-state index is 0. The SMILES string of the molecule is CS(=O)CCC[N+](C)(C)C.[I-]. The Kier molecular flexibility index (Phi) is 8.32. The van der Waals surface area contributed by atoms with Gasteiger partial charge in [0.15, 0.2) is 0 Å². The number of quaternary nitrogens is 1. The number of rotatable bonds is 4. The highest BCUT2D eigenvalue weighted by atomic mass is 127. The first-order valence-corrected chi connectivity index (χ1v) is 5.25. The molecular weight excluding hydrogens is 273 g/mol. The van der Waals surface area contributed by atoms with Crippen LogP contribution in [0.2, 0.25) is 0 Å². The van der Waals surface area contributed by atoms with E-state index in [9.17, 15) is 4.21 Å². The maximum absolute atomic E-state index is 10.6. The summed E-state index contributed by atoms with van der Waals surface area (Å²) in [5.41, 5.74) is 0. The fourth-order valence-corrected chi connectivity index (χ4v) is 1.28. The molecule has 0 radical (unpaired) electrons. The van der Waals surface area contributed by atoms with Crippen molar-refractivity contribution in [2.24, 2.45) is 0 Å². The summed E-state index contributed by atoms with van der Waals surface area (Å²) in [6.07, 6.45) is 2.82. The Bertz CT molecular complexity index is 122. The van der Waals surface area contributed by atoms with Crippen molar-refractivity contribution in [1.29, 1.82) is 0 Å². The first kappa shape index (κ1) is 14.4. The van der Waals surface area contributed by atoms with Crippen LogP contribution in [0.5, 0.6) is 0 Å². The number of hydrogen-bond donors (Lipinski definition) is 0. The molecule has 0 aromatic rings. The molecule has 0 aliphatic rings. The van der Waals surface area contributed by atoms with Crippen LogP contribution >= 0.6 is 0 Å². The van der Waals surface area contributed by atoms with E-state index in [0.29, 0.717) is 0 Å². The maximum atomic E-state index is 10.6. The van der Waals surface area contributed by atoms with E-state index < -0.39 is 10.8 Å². The molecule has 0 saturated heterocycles. The zero-order chi connectivity index (χ0) is 8.20. The quantitative estimate of drug-likeness (QED) is 0.412. The fourth-order valence-electron chi connectivity index (χ4n) is 0.742. The molecule has 11 heavy (non-hydrogen) atoms. The minimum Gasteiger partial charge on any atom is -1.00 e. The van der Waals surface area contributed by atoms with Gasteiger partial charge in [0.05, 0.1) is 27.7 Å². The van der Waals surface area contributed by atoms with Gasteiger partial charge >= 0.3 is 0 Å². The highest BCUT2D eigenvalue weighted by molar-refractivity contribution is 7.84. The zero-order valence-electron chi connectivity index (χ0n) is 7.76. The lowest BCUT2D eigenvalue weighted by Crippen LogP contribution is -3.00. The molecule has 0 bridgehead atoms. The molecule has 0 amide bonds. The molecule has 2 nitrogen and oxygen atoms in total. The summed E-state index contributed by atoms with van der Waals surface area (Å²) in [6.45, 7) is 1.11. The summed E-state index contributed by atoms with van der Waals surface area (Å²) in [6, 6.07) is 0. The summed E-state index contributed by atoms with van der Waals surface area (Å²) in [7, 11) is 5.84. The van der Waals surface area contributed by atoms with Gasteiger partial charge in [-0.1, -0.05) is 0 Å². The Morgan fingerprint density at radius 2 is 1.73 bits per heavy atom. The van der Waals surface area contributed by atoms with Crippen molar-refractivity contribution in [3.63, 3.8) is 0 Å². The largest absolute Gasteiger partial charge is 1.00 e. The van der Waals surface area contributed by atoms with Gasteiger partial charge < -0.3 is 28.5 Å². The van der Waals surface area contributed by atoms with Crippen LogP contribution in [-0.2, 0) is 10.8 Å². The number of halogens is 1. The molecule has 4 heteroatoms.